The first kappa shape index (κ1) is 11.6. The van der Waals surface area contributed by atoms with Gasteiger partial charge >= 0.3 is 0 Å². The summed E-state index contributed by atoms with van der Waals surface area (Å²) in [5.41, 5.74) is 3.03. The third kappa shape index (κ3) is 2.29. The summed E-state index contributed by atoms with van der Waals surface area (Å²) < 4.78 is 5.28. The fourth-order valence-corrected chi connectivity index (χ4v) is 2.29. The fraction of sp³-hybridized carbons (Fsp3) is 0.231. The van der Waals surface area contributed by atoms with Crippen molar-refractivity contribution in [2.75, 3.05) is 7.11 Å². The van der Waals surface area contributed by atoms with Gasteiger partial charge in [0, 0.05) is 10.9 Å². The lowest BCUT2D eigenvalue weighted by Gasteiger charge is -2.07. The van der Waals surface area contributed by atoms with Crippen molar-refractivity contribution in [1.82, 2.24) is 4.98 Å². The number of nitriles is 1. The van der Waals surface area contributed by atoms with Crippen molar-refractivity contribution in [3.63, 3.8) is 0 Å². The molecule has 0 bridgehead atoms. The number of ether oxygens (including phenoxy) is 1. The summed E-state index contributed by atoms with van der Waals surface area (Å²) in [6, 6.07) is 8.03. The Morgan fingerprint density at radius 3 is 2.88 bits per heavy atom. The lowest BCUT2D eigenvalue weighted by Crippen LogP contribution is -1.91. The Bertz CT molecular complexity index is 569. The SMILES string of the molecule is CCc1cc(-c2csc(C#N)n2)ccc1OC. The van der Waals surface area contributed by atoms with Gasteiger partial charge < -0.3 is 4.74 Å². The van der Waals surface area contributed by atoms with Gasteiger partial charge in [-0.25, -0.2) is 4.98 Å². The minimum atomic E-state index is 0.494. The molecule has 4 heteroatoms. The third-order valence-electron chi connectivity index (χ3n) is 2.56. The van der Waals surface area contributed by atoms with Crippen molar-refractivity contribution in [1.29, 1.82) is 5.26 Å². The molecule has 0 N–H and O–H groups in total. The molecule has 1 heterocycles. The second-order valence-corrected chi connectivity index (χ2v) is 4.39. The predicted octanol–water partition coefficient (Wildman–Crippen LogP) is 3.25. The summed E-state index contributed by atoms with van der Waals surface area (Å²) in [5, 5.41) is 11.2. The summed E-state index contributed by atoms with van der Waals surface area (Å²) in [7, 11) is 1.67. The van der Waals surface area contributed by atoms with Gasteiger partial charge in [-0.2, -0.15) is 5.26 Å². The average Bonchev–Trinajstić information content (AvgIpc) is 2.86. The van der Waals surface area contributed by atoms with Gasteiger partial charge in [0.2, 0.25) is 0 Å². The normalized spacial score (nSPS) is 9.94. The molecule has 0 aliphatic heterocycles. The van der Waals surface area contributed by atoms with E-state index in [1.54, 1.807) is 7.11 Å². The highest BCUT2D eigenvalue weighted by Gasteiger charge is 2.07. The van der Waals surface area contributed by atoms with E-state index in [-0.39, 0.29) is 0 Å². The first-order valence-corrected chi connectivity index (χ1v) is 6.19. The van der Waals surface area contributed by atoms with Crippen molar-refractivity contribution < 1.29 is 4.74 Å². The minimum absolute atomic E-state index is 0.494. The molecule has 2 rings (SSSR count). The molecule has 1 aromatic carbocycles. The second-order valence-electron chi connectivity index (χ2n) is 3.53. The molecule has 2 aromatic rings. The van der Waals surface area contributed by atoms with Crippen LogP contribution in [0.4, 0.5) is 0 Å². The van der Waals surface area contributed by atoms with Crippen LogP contribution in [0.2, 0.25) is 0 Å². The molecular formula is C13H12N2OS. The Labute approximate surface area is 104 Å². The van der Waals surface area contributed by atoms with Crippen LogP contribution >= 0.6 is 11.3 Å². The number of rotatable bonds is 3. The average molecular weight is 244 g/mol. The van der Waals surface area contributed by atoms with Crippen LogP contribution in [0.15, 0.2) is 23.6 Å². The number of aromatic nitrogens is 1. The maximum Gasteiger partial charge on any atom is 0.194 e. The first-order chi connectivity index (χ1) is 8.28. The number of benzene rings is 1. The zero-order chi connectivity index (χ0) is 12.3. The van der Waals surface area contributed by atoms with Gasteiger partial charge in [0.25, 0.3) is 0 Å². The standard InChI is InChI=1S/C13H12N2OS/c1-3-9-6-10(4-5-12(9)16-2)11-8-17-13(7-14)15-11/h4-6,8H,3H2,1-2H3. The maximum atomic E-state index is 8.76. The Hall–Kier alpha value is -1.86. The summed E-state index contributed by atoms with van der Waals surface area (Å²) in [4.78, 5) is 4.25. The highest BCUT2D eigenvalue weighted by Crippen LogP contribution is 2.27. The summed E-state index contributed by atoms with van der Waals surface area (Å²) >= 11 is 1.36. The largest absolute Gasteiger partial charge is 0.496 e. The Morgan fingerprint density at radius 2 is 2.29 bits per heavy atom. The third-order valence-corrected chi connectivity index (χ3v) is 3.30. The van der Waals surface area contributed by atoms with E-state index >= 15 is 0 Å². The van der Waals surface area contributed by atoms with Crippen LogP contribution in [0.5, 0.6) is 5.75 Å². The van der Waals surface area contributed by atoms with Crippen molar-refractivity contribution >= 4 is 11.3 Å². The Morgan fingerprint density at radius 1 is 1.47 bits per heavy atom. The molecule has 0 atom stereocenters. The van der Waals surface area contributed by atoms with Crippen molar-refractivity contribution in [2.45, 2.75) is 13.3 Å². The zero-order valence-corrected chi connectivity index (χ0v) is 10.5. The molecule has 0 aliphatic carbocycles. The highest BCUT2D eigenvalue weighted by atomic mass is 32.1. The number of nitrogens with zero attached hydrogens (tertiary/aromatic N) is 2. The number of aryl methyl sites for hydroxylation is 1. The molecule has 0 spiro atoms. The molecular weight excluding hydrogens is 232 g/mol. The van der Waals surface area contributed by atoms with Crippen LogP contribution in [0.3, 0.4) is 0 Å². The molecule has 0 unspecified atom stereocenters. The Kier molecular flexibility index (Phi) is 3.40. The molecule has 1 aromatic heterocycles. The van der Waals surface area contributed by atoms with Crippen molar-refractivity contribution in [2.24, 2.45) is 0 Å². The number of hydrogen-bond donors (Lipinski definition) is 0. The van der Waals surface area contributed by atoms with E-state index in [9.17, 15) is 0 Å². The Balaban J connectivity index is 2.43. The molecule has 86 valence electrons. The monoisotopic (exact) mass is 244 g/mol. The zero-order valence-electron chi connectivity index (χ0n) is 9.73. The van der Waals surface area contributed by atoms with Crippen molar-refractivity contribution in [3.05, 3.63) is 34.2 Å². The maximum absolute atomic E-state index is 8.76. The molecule has 0 saturated heterocycles. The van der Waals surface area contributed by atoms with E-state index in [0.29, 0.717) is 5.01 Å². The highest BCUT2D eigenvalue weighted by molar-refractivity contribution is 7.10. The predicted molar refractivity (Wildman–Crippen MR) is 68.2 cm³/mol. The van der Waals surface area contributed by atoms with E-state index in [1.807, 2.05) is 17.5 Å². The van der Waals surface area contributed by atoms with E-state index in [2.05, 4.69) is 24.0 Å². The van der Waals surface area contributed by atoms with Gasteiger partial charge in [-0.1, -0.05) is 6.92 Å². The van der Waals surface area contributed by atoms with Crippen molar-refractivity contribution in [3.8, 4) is 23.1 Å². The van der Waals surface area contributed by atoms with E-state index in [0.717, 1.165) is 29.0 Å². The molecule has 0 amide bonds. The number of thiazole rings is 1. The van der Waals surface area contributed by atoms with Gasteiger partial charge in [-0.3, -0.25) is 0 Å². The number of methoxy groups -OCH3 is 1. The quantitative estimate of drug-likeness (QED) is 0.832. The van der Waals surface area contributed by atoms with E-state index in [1.165, 1.54) is 11.3 Å². The topological polar surface area (TPSA) is 45.9 Å². The van der Waals surface area contributed by atoms with Gasteiger partial charge in [0.1, 0.15) is 11.8 Å². The lowest BCUT2D eigenvalue weighted by atomic mass is 10.1. The van der Waals surface area contributed by atoms with Crippen LogP contribution in [0, 0.1) is 11.3 Å². The van der Waals surface area contributed by atoms with E-state index in [4.69, 9.17) is 10.00 Å². The van der Waals surface area contributed by atoms with Gasteiger partial charge in [0.15, 0.2) is 5.01 Å². The summed E-state index contributed by atoms with van der Waals surface area (Å²) in [6.07, 6.45) is 0.909. The van der Waals surface area contributed by atoms with E-state index < -0.39 is 0 Å². The van der Waals surface area contributed by atoms with Gasteiger partial charge in [-0.15, -0.1) is 11.3 Å². The molecule has 0 fully saturated rings. The van der Waals surface area contributed by atoms with Crippen LogP contribution in [-0.4, -0.2) is 12.1 Å². The molecule has 17 heavy (non-hydrogen) atoms. The molecule has 0 saturated carbocycles. The number of hydrogen-bond acceptors (Lipinski definition) is 4. The van der Waals surface area contributed by atoms with Crippen LogP contribution in [-0.2, 0) is 6.42 Å². The molecule has 0 radical (unpaired) electrons. The summed E-state index contributed by atoms with van der Waals surface area (Å²) in [5.74, 6) is 0.895. The van der Waals surface area contributed by atoms with Crippen LogP contribution < -0.4 is 4.74 Å². The fourth-order valence-electron chi connectivity index (χ4n) is 1.67. The first-order valence-electron chi connectivity index (χ1n) is 5.31. The van der Waals surface area contributed by atoms with Crippen LogP contribution in [0.25, 0.3) is 11.3 Å². The summed E-state index contributed by atoms with van der Waals surface area (Å²) in [6.45, 7) is 2.09. The molecule has 0 aliphatic rings. The van der Waals surface area contributed by atoms with Crippen LogP contribution in [0.1, 0.15) is 17.5 Å². The second kappa shape index (κ2) is 4.98. The smallest absolute Gasteiger partial charge is 0.194 e. The minimum Gasteiger partial charge on any atom is -0.496 e. The van der Waals surface area contributed by atoms with Gasteiger partial charge in [-0.05, 0) is 30.2 Å². The molecule has 3 nitrogen and oxygen atoms in total. The lowest BCUT2D eigenvalue weighted by molar-refractivity contribution is 0.410. The van der Waals surface area contributed by atoms with Gasteiger partial charge in [0.05, 0.1) is 12.8 Å².